The molecule has 4 amide bonds. The molecule has 180 valence electrons. The first-order chi connectivity index (χ1) is 16.9. The molecule has 0 spiro atoms. The maximum Gasteiger partial charge on any atom is 0.255 e. The quantitative estimate of drug-likeness (QED) is 0.455. The van der Waals surface area contributed by atoms with E-state index in [2.05, 4.69) is 20.6 Å². The van der Waals surface area contributed by atoms with Crippen LogP contribution in [0.5, 0.6) is 0 Å². The summed E-state index contributed by atoms with van der Waals surface area (Å²) in [7, 11) is 0. The molecule has 1 saturated heterocycles. The fraction of sp³-hybridized carbons (Fsp3) is 0.346. The molecule has 3 aromatic rings. The Morgan fingerprint density at radius 2 is 2.00 bits per heavy atom. The van der Waals surface area contributed by atoms with Crippen molar-refractivity contribution in [2.24, 2.45) is 0 Å². The number of para-hydroxylation sites is 2. The molecule has 3 N–H and O–H groups in total. The minimum absolute atomic E-state index is 0.124. The maximum atomic E-state index is 13.0. The molecule has 35 heavy (non-hydrogen) atoms. The molecule has 0 aliphatic carbocycles. The van der Waals surface area contributed by atoms with Gasteiger partial charge in [0.05, 0.1) is 17.1 Å². The summed E-state index contributed by atoms with van der Waals surface area (Å²) < 4.78 is 0. The fourth-order valence-corrected chi connectivity index (χ4v) is 5.04. The predicted octanol–water partition coefficient (Wildman–Crippen LogP) is 2.52. The van der Waals surface area contributed by atoms with E-state index in [1.807, 2.05) is 36.4 Å². The number of H-pyrrole nitrogens is 1. The van der Waals surface area contributed by atoms with Crippen molar-refractivity contribution < 1.29 is 19.2 Å². The van der Waals surface area contributed by atoms with Crippen molar-refractivity contribution >= 4 is 34.7 Å². The highest BCUT2D eigenvalue weighted by molar-refractivity contribution is 6.05. The van der Waals surface area contributed by atoms with E-state index in [9.17, 15) is 19.2 Å². The van der Waals surface area contributed by atoms with Crippen LogP contribution in [0.15, 0.2) is 42.5 Å². The van der Waals surface area contributed by atoms with Gasteiger partial charge in [-0.3, -0.25) is 24.5 Å². The summed E-state index contributed by atoms with van der Waals surface area (Å²) in [4.78, 5) is 58.3. The number of imidazole rings is 1. The van der Waals surface area contributed by atoms with Crippen molar-refractivity contribution in [3.05, 3.63) is 65.0 Å². The number of aromatic nitrogens is 2. The highest BCUT2D eigenvalue weighted by Gasteiger charge is 2.39. The van der Waals surface area contributed by atoms with Crippen LogP contribution in [0.2, 0.25) is 0 Å². The monoisotopic (exact) mass is 473 g/mol. The Balaban J connectivity index is 1.29. The summed E-state index contributed by atoms with van der Waals surface area (Å²) in [5.41, 5.74) is 4.37. The number of hydrogen-bond acceptors (Lipinski definition) is 5. The second-order valence-electron chi connectivity index (χ2n) is 9.13. The second kappa shape index (κ2) is 9.32. The Hall–Kier alpha value is -4.01. The van der Waals surface area contributed by atoms with Gasteiger partial charge in [0.1, 0.15) is 11.9 Å². The molecule has 3 heterocycles. The number of carbonyl (C=O) groups excluding carboxylic acids is 4. The lowest BCUT2D eigenvalue weighted by Crippen LogP contribution is -2.52. The van der Waals surface area contributed by atoms with E-state index in [0.717, 1.165) is 40.8 Å². The second-order valence-corrected chi connectivity index (χ2v) is 9.13. The number of piperidine rings is 1. The molecule has 0 saturated carbocycles. The van der Waals surface area contributed by atoms with E-state index >= 15 is 0 Å². The Morgan fingerprint density at radius 3 is 2.77 bits per heavy atom. The first-order valence-corrected chi connectivity index (χ1v) is 11.9. The topological polar surface area (TPSA) is 124 Å². The Labute approximate surface area is 202 Å². The molecule has 0 bridgehead atoms. The highest BCUT2D eigenvalue weighted by Crippen LogP contribution is 2.31. The summed E-state index contributed by atoms with van der Waals surface area (Å²) in [6, 6.07) is 12.5. The standard InChI is InChI=1S/C26H27N5O4/c1-15(32)27-21(24-28-19-9-2-3-10-20(19)29-24)11-5-7-16-6-4-8-17-18(16)14-31(26(17)35)22-12-13-23(33)30-25(22)34/h2-4,6,8-10,21-22H,5,7,11-14H2,1H3,(H,27,32)(H,28,29)(H,30,33,34)/t21-,22?/m0/s1. The molecule has 2 atom stereocenters. The first kappa shape index (κ1) is 22.8. The molecular formula is C26H27N5O4. The Bertz CT molecular complexity index is 1300. The van der Waals surface area contributed by atoms with Crippen molar-refractivity contribution in [2.75, 3.05) is 0 Å². The number of amides is 4. The molecule has 1 aromatic heterocycles. The van der Waals surface area contributed by atoms with Gasteiger partial charge >= 0.3 is 0 Å². The molecule has 2 aliphatic heterocycles. The lowest BCUT2D eigenvalue weighted by Gasteiger charge is -2.29. The summed E-state index contributed by atoms with van der Waals surface area (Å²) in [5, 5.41) is 5.33. The third-order valence-electron chi connectivity index (χ3n) is 6.73. The average Bonchev–Trinajstić information content (AvgIpc) is 3.40. The van der Waals surface area contributed by atoms with Crippen molar-refractivity contribution in [1.29, 1.82) is 0 Å². The number of imide groups is 1. The van der Waals surface area contributed by atoms with Gasteiger partial charge < -0.3 is 15.2 Å². The van der Waals surface area contributed by atoms with Gasteiger partial charge in [0.2, 0.25) is 17.7 Å². The van der Waals surface area contributed by atoms with Crippen LogP contribution in [0.1, 0.15) is 66.0 Å². The van der Waals surface area contributed by atoms with Gasteiger partial charge in [-0.25, -0.2) is 4.98 Å². The van der Waals surface area contributed by atoms with E-state index < -0.39 is 11.9 Å². The average molecular weight is 474 g/mol. The van der Waals surface area contributed by atoms with Gasteiger partial charge in [0.25, 0.3) is 5.91 Å². The highest BCUT2D eigenvalue weighted by atomic mass is 16.2. The largest absolute Gasteiger partial charge is 0.346 e. The van der Waals surface area contributed by atoms with E-state index in [0.29, 0.717) is 24.9 Å². The number of rotatable bonds is 7. The molecule has 2 aromatic carbocycles. The third-order valence-corrected chi connectivity index (χ3v) is 6.73. The van der Waals surface area contributed by atoms with Crippen LogP contribution in [0.25, 0.3) is 11.0 Å². The smallest absolute Gasteiger partial charge is 0.255 e. The van der Waals surface area contributed by atoms with Crippen LogP contribution in [-0.2, 0) is 27.3 Å². The lowest BCUT2D eigenvalue weighted by atomic mass is 9.97. The SMILES string of the molecule is CC(=O)N[C@@H](CCCc1cccc2c1CN(C1CCC(=O)NC1=O)C2=O)c1nc2ccccc2[nH]1. The number of aryl methyl sites for hydroxylation is 1. The number of benzene rings is 2. The Kier molecular flexibility index (Phi) is 6.07. The lowest BCUT2D eigenvalue weighted by molar-refractivity contribution is -0.137. The normalized spacial score (nSPS) is 18.5. The maximum absolute atomic E-state index is 13.0. The van der Waals surface area contributed by atoms with E-state index in [-0.39, 0.29) is 30.2 Å². The summed E-state index contributed by atoms with van der Waals surface area (Å²) >= 11 is 0. The zero-order valence-electron chi connectivity index (χ0n) is 19.5. The van der Waals surface area contributed by atoms with Crippen molar-refractivity contribution in [2.45, 2.75) is 57.7 Å². The van der Waals surface area contributed by atoms with Gasteiger partial charge in [-0.1, -0.05) is 24.3 Å². The fourth-order valence-electron chi connectivity index (χ4n) is 5.04. The summed E-state index contributed by atoms with van der Waals surface area (Å²) in [6.07, 6.45) is 2.74. The van der Waals surface area contributed by atoms with Gasteiger partial charge in [0.15, 0.2) is 0 Å². The van der Waals surface area contributed by atoms with Crippen molar-refractivity contribution in [3.8, 4) is 0 Å². The summed E-state index contributed by atoms with van der Waals surface area (Å²) in [6.45, 7) is 1.85. The number of hydrogen-bond donors (Lipinski definition) is 3. The minimum atomic E-state index is -0.627. The zero-order chi connectivity index (χ0) is 24.5. The third kappa shape index (κ3) is 4.53. The van der Waals surface area contributed by atoms with Crippen molar-refractivity contribution in [1.82, 2.24) is 25.5 Å². The van der Waals surface area contributed by atoms with E-state index in [4.69, 9.17) is 0 Å². The van der Waals surface area contributed by atoms with Crippen LogP contribution in [0, 0.1) is 0 Å². The van der Waals surface area contributed by atoms with Crippen LogP contribution < -0.4 is 10.6 Å². The molecule has 1 fully saturated rings. The van der Waals surface area contributed by atoms with Crippen LogP contribution in [0.3, 0.4) is 0 Å². The first-order valence-electron chi connectivity index (χ1n) is 11.9. The molecule has 5 rings (SSSR count). The van der Waals surface area contributed by atoms with Crippen LogP contribution >= 0.6 is 0 Å². The number of carbonyl (C=O) groups is 4. The van der Waals surface area contributed by atoms with E-state index in [1.165, 1.54) is 6.92 Å². The van der Waals surface area contributed by atoms with Crippen LogP contribution in [-0.4, -0.2) is 44.5 Å². The van der Waals surface area contributed by atoms with Crippen molar-refractivity contribution in [3.63, 3.8) is 0 Å². The molecule has 9 nitrogen and oxygen atoms in total. The number of nitrogens with zero attached hydrogens (tertiary/aromatic N) is 2. The molecule has 1 unspecified atom stereocenters. The Morgan fingerprint density at radius 1 is 1.17 bits per heavy atom. The number of aromatic amines is 1. The van der Waals surface area contributed by atoms with Crippen LogP contribution in [0.4, 0.5) is 0 Å². The zero-order valence-corrected chi connectivity index (χ0v) is 19.5. The molecule has 9 heteroatoms. The number of nitrogens with one attached hydrogen (secondary N) is 3. The molecule has 2 aliphatic rings. The molecular weight excluding hydrogens is 446 g/mol. The predicted molar refractivity (Wildman–Crippen MR) is 128 cm³/mol. The van der Waals surface area contributed by atoms with Gasteiger partial charge in [-0.15, -0.1) is 0 Å². The van der Waals surface area contributed by atoms with Gasteiger partial charge in [0, 0.05) is 25.5 Å². The summed E-state index contributed by atoms with van der Waals surface area (Å²) in [5.74, 6) is -0.280. The molecule has 0 radical (unpaired) electrons. The van der Waals surface area contributed by atoms with E-state index in [1.54, 1.807) is 11.0 Å². The van der Waals surface area contributed by atoms with Gasteiger partial charge in [-0.05, 0) is 55.0 Å². The number of fused-ring (bicyclic) bond motifs is 2. The minimum Gasteiger partial charge on any atom is -0.346 e. The van der Waals surface area contributed by atoms with Gasteiger partial charge in [-0.2, -0.15) is 0 Å².